The zero-order chi connectivity index (χ0) is 19.4. The van der Waals surface area contributed by atoms with Crippen LogP contribution in [0.5, 0.6) is 0 Å². The smallest absolute Gasteiger partial charge is 0.306 e. The van der Waals surface area contributed by atoms with Gasteiger partial charge in [-0.3, -0.25) is 29.3 Å². The predicted molar refractivity (Wildman–Crippen MR) is 113 cm³/mol. The third kappa shape index (κ3) is 4.96. The summed E-state index contributed by atoms with van der Waals surface area (Å²) in [5.41, 5.74) is 0.738. The Kier molecular flexibility index (Phi) is 7.31. The van der Waals surface area contributed by atoms with Crippen molar-refractivity contribution in [3.63, 3.8) is 0 Å². The van der Waals surface area contributed by atoms with Crippen molar-refractivity contribution in [1.29, 1.82) is 0 Å². The highest BCUT2D eigenvalue weighted by Crippen LogP contribution is 2.16. The van der Waals surface area contributed by atoms with E-state index in [-0.39, 0.29) is 42.1 Å². The molecule has 1 saturated heterocycles. The lowest BCUT2D eigenvalue weighted by atomic mass is 10.3. The quantitative estimate of drug-likeness (QED) is 0.201. The molecule has 1 aliphatic rings. The summed E-state index contributed by atoms with van der Waals surface area (Å²) < 4.78 is 3.15. The van der Waals surface area contributed by atoms with Crippen molar-refractivity contribution in [2.24, 2.45) is 12.0 Å². The van der Waals surface area contributed by atoms with Gasteiger partial charge in [-0.25, -0.2) is 0 Å². The molecule has 3 heterocycles. The second-order valence-electron chi connectivity index (χ2n) is 6.03. The fourth-order valence-corrected chi connectivity index (χ4v) is 2.86. The highest BCUT2D eigenvalue weighted by atomic mass is 127. The van der Waals surface area contributed by atoms with E-state index in [0.717, 1.165) is 5.69 Å². The van der Waals surface area contributed by atoms with Crippen molar-refractivity contribution >= 4 is 47.2 Å². The van der Waals surface area contributed by atoms with Crippen LogP contribution >= 0.6 is 24.0 Å². The van der Waals surface area contributed by atoms with Gasteiger partial charge in [0.15, 0.2) is 5.96 Å². The molecule has 12 nitrogen and oxygen atoms in total. The monoisotopic (exact) mass is 503 g/mol. The maximum Gasteiger partial charge on any atom is 0.306 e. The second-order valence-corrected chi connectivity index (χ2v) is 6.03. The summed E-state index contributed by atoms with van der Waals surface area (Å²) in [6.07, 6.45) is 6.07. The van der Waals surface area contributed by atoms with Gasteiger partial charge >= 0.3 is 5.69 Å². The summed E-state index contributed by atoms with van der Waals surface area (Å²) in [4.78, 5) is 30.5. The minimum Gasteiger partial charge on any atom is -0.354 e. The number of guanidine groups is 1. The molecular formula is C15H22IN9O3. The normalized spacial score (nSPS) is 14.8. The Balaban J connectivity index is 0.00000280. The number of piperazine rings is 1. The molecule has 0 spiro atoms. The number of nitrogens with zero attached hydrogens (tertiary/aromatic N) is 8. The first-order valence-electron chi connectivity index (χ1n) is 8.39. The lowest BCUT2D eigenvalue weighted by molar-refractivity contribution is -0.385. The number of hydrogen-bond acceptors (Lipinski definition) is 6. The molecular weight excluding hydrogens is 481 g/mol. The van der Waals surface area contributed by atoms with Crippen LogP contribution in [-0.2, 0) is 18.4 Å². The largest absolute Gasteiger partial charge is 0.354 e. The van der Waals surface area contributed by atoms with E-state index in [1.807, 2.05) is 18.1 Å². The number of nitrogens with one attached hydrogen (secondary N) is 1. The Morgan fingerprint density at radius 3 is 2.68 bits per heavy atom. The first kappa shape index (κ1) is 21.6. The fourth-order valence-electron chi connectivity index (χ4n) is 2.86. The van der Waals surface area contributed by atoms with Crippen molar-refractivity contribution in [2.75, 3.05) is 38.1 Å². The van der Waals surface area contributed by atoms with E-state index < -0.39 is 4.92 Å². The molecule has 0 aliphatic carbocycles. The summed E-state index contributed by atoms with van der Waals surface area (Å²) in [6, 6.07) is 0. The van der Waals surface area contributed by atoms with E-state index in [1.54, 1.807) is 22.8 Å². The van der Waals surface area contributed by atoms with Crippen molar-refractivity contribution < 1.29 is 9.72 Å². The van der Waals surface area contributed by atoms with Gasteiger partial charge in [0.2, 0.25) is 5.91 Å². The molecule has 0 bridgehead atoms. The van der Waals surface area contributed by atoms with Crippen LogP contribution < -0.4 is 10.2 Å². The van der Waals surface area contributed by atoms with Crippen molar-refractivity contribution in [3.05, 3.63) is 34.9 Å². The molecule has 0 aromatic carbocycles. The number of aliphatic imine (C=N–C) groups is 1. The lowest BCUT2D eigenvalue weighted by Crippen LogP contribution is -2.55. The molecule has 152 valence electrons. The highest BCUT2D eigenvalue weighted by molar-refractivity contribution is 14.0. The first-order chi connectivity index (χ1) is 13.0. The molecule has 2 aromatic rings. The molecule has 28 heavy (non-hydrogen) atoms. The van der Waals surface area contributed by atoms with Gasteiger partial charge in [0.1, 0.15) is 18.9 Å². The summed E-state index contributed by atoms with van der Waals surface area (Å²) in [5, 5.41) is 21.9. The fraction of sp³-hybridized carbons (Fsp3) is 0.467. The molecule has 1 N–H and O–H groups in total. The van der Waals surface area contributed by atoms with Gasteiger partial charge in [-0.2, -0.15) is 10.2 Å². The van der Waals surface area contributed by atoms with Crippen molar-refractivity contribution in [3.8, 4) is 0 Å². The summed E-state index contributed by atoms with van der Waals surface area (Å²) in [5.74, 6) is 0.579. The van der Waals surface area contributed by atoms with E-state index in [4.69, 9.17) is 0 Å². The van der Waals surface area contributed by atoms with Gasteiger partial charge in [-0.05, 0) is 0 Å². The van der Waals surface area contributed by atoms with E-state index in [0.29, 0.717) is 32.1 Å². The van der Waals surface area contributed by atoms with Crippen LogP contribution in [0.4, 0.5) is 11.4 Å². The van der Waals surface area contributed by atoms with E-state index >= 15 is 0 Å². The molecule has 1 amide bonds. The third-order valence-electron chi connectivity index (χ3n) is 4.19. The Bertz CT molecular complexity index is 863. The van der Waals surface area contributed by atoms with Crippen LogP contribution in [-0.4, -0.2) is 74.5 Å². The van der Waals surface area contributed by atoms with Crippen LogP contribution in [0.3, 0.4) is 0 Å². The van der Waals surface area contributed by atoms with Crippen molar-refractivity contribution in [2.45, 2.75) is 6.54 Å². The molecule has 13 heteroatoms. The average Bonchev–Trinajstić information content (AvgIpc) is 3.28. The SMILES string of the molecule is CN=C(NCCn1cc([N+](=O)[O-])cn1)N1CCN(c2cnn(C)c2)C(=O)C1.I. The van der Waals surface area contributed by atoms with E-state index in [2.05, 4.69) is 20.5 Å². The molecule has 0 unspecified atom stereocenters. The summed E-state index contributed by atoms with van der Waals surface area (Å²) in [6.45, 7) is 2.30. The van der Waals surface area contributed by atoms with E-state index in [1.165, 1.54) is 17.1 Å². The summed E-state index contributed by atoms with van der Waals surface area (Å²) >= 11 is 0. The van der Waals surface area contributed by atoms with Crippen LogP contribution in [0.2, 0.25) is 0 Å². The molecule has 0 radical (unpaired) electrons. The number of hydrogen-bond donors (Lipinski definition) is 1. The minimum absolute atomic E-state index is 0. The highest BCUT2D eigenvalue weighted by Gasteiger charge is 2.27. The van der Waals surface area contributed by atoms with E-state index in [9.17, 15) is 14.9 Å². The van der Waals surface area contributed by atoms with Crippen LogP contribution in [0, 0.1) is 10.1 Å². The van der Waals surface area contributed by atoms with Crippen LogP contribution in [0.1, 0.15) is 0 Å². The number of nitro groups is 1. The lowest BCUT2D eigenvalue weighted by Gasteiger charge is -2.35. The number of aryl methyl sites for hydroxylation is 1. The third-order valence-corrected chi connectivity index (χ3v) is 4.19. The van der Waals surface area contributed by atoms with Gasteiger partial charge in [0.05, 0.1) is 23.4 Å². The van der Waals surface area contributed by atoms with Crippen molar-refractivity contribution in [1.82, 2.24) is 29.8 Å². The van der Waals surface area contributed by atoms with Gasteiger partial charge in [-0.1, -0.05) is 0 Å². The number of halogens is 1. The Morgan fingerprint density at radius 2 is 2.11 bits per heavy atom. The molecule has 1 fully saturated rings. The maximum atomic E-state index is 12.5. The Morgan fingerprint density at radius 1 is 1.32 bits per heavy atom. The predicted octanol–water partition coefficient (Wildman–Crippen LogP) is 0.0670. The number of anilines is 1. The van der Waals surface area contributed by atoms with Gasteiger partial charge < -0.3 is 15.1 Å². The number of amides is 1. The maximum absolute atomic E-state index is 12.5. The Hall–Kier alpha value is -2.71. The zero-order valence-corrected chi connectivity index (χ0v) is 17.9. The minimum atomic E-state index is -0.483. The average molecular weight is 503 g/mol. The number of carbonyl (C=O) groups excluding carboxylic acids is 1. The zero-order valence-electron chi connectivity index (χ0n) is 15.6. The summed E-state index contributed by atoms with van der Waals surface area (Å²) in [7, 11) is 3.46. The van der Waals surface area contributed by atoms with Gasteiger partial charge in [0, 0.05) is 39.9 Å². The number of rotatable bonds is 5. The van der Waals surface area contributed by atoms with Gasteiger partial charge in [-0.15, -0.1) is 24.0 Å². The number of carbonyl (C=O) groups is 1. The molecule has 0 saturated carbocycles. The number of aromatic nitrogens is 4. The van der Waals surface area contributed by atoms with Gasteiger partial charge in [0.25, 0.3) is 0 Å². The standard InChI is InChI=1S/C15H21N9O3.HI/c1-16-15(17-3-4-22-10-13(8-19-22)24(26)27)21-5-6-23(14(25)11-21)12-7-18-20(2)9-12;/h7-10H,3-6,11H2,1-2H3,(H,16,17);1H. The second kappa shape index (κ2) is 9.48. The van der Waals surface area contributed by atoms with Crippen LogP contribution in [0.25, 0.3) is 0 Å². The molecule has 1 aliphatic heterocycles. The molecule has 0 atom stereocenters. The van der Waals surface area contributed by atoms with Crippen LogP contribution in [0.15, 0.2) is 29.8 Å². The Labute approximate surface area is 178 Å². The molecule has 3 rings (SSSR count). The molecule has 2 aromatic heterocycles. The topological polar surface area (TPSA) is 127 Å². The first-order valence-corrected chi connectivity index (χ1v) is 8.39.